The number of aliphatic carboxylic acids is 1. The van der Waals surface area contributed by atoms with Crippen molar-refractivity contribution in [1.82, 2.24) is 0 Å². The number of esters is 1. The third-order valence-corrected chi connectivity index (χ3v) is 4.41. The Labute approximate surface area is 150 Å². The van der Waals surface area contributed by atoms with Crippen molar-refractivity contribution < 1.29 is 19.4 Å². The number of rotatable bonds is 9. The van der Waals surface area contributed by atoms with Crippen LogP contribution < -0.4 is 0 Å². The number of carboxylic acid groups (broad SMARTS) is 1. The largest absolute Gasteiger partial charge is 0.481 e. The highest BCUT2D eigenvalue weighted by atomic mass is 16.6. The van der Waals surface area contributed by atoms with E-state index in [1.807, 2.05) is 51.1 Å². The van der Waals surface area contributed by atoms with Crippen LogP contribution in [0.3, 0.4) is 0 Å². The molecule has 1 aromatic carbocycles. The van der Waals surface area contributed by atoms with Gasteiger partial charge < -0.3 is 9.84 Å². The lowest BCUT2D eigenvalue weighted by Crippen LogP contribution is -2.39. The lowest BCUT2D eigenvalue weighted by atomic mass is 9.70. The van der Waals surface area contributed by atoms with Crippen LogP contribution in [0.15, 0.2) is 43.0 Å². The zero-order valence-corrected chi connectivity index (χ0v) is 15.7. The van der Waals surface area contributed by atoms with Crippen molar-refractivity contribution in [2.45, 2.75) is 64.4 Å². The number of benzene rings is 1. The predicted molar refractivity (Wildman–Crippen MR) is 99.4 cm³/mol. The Hall–Kier alpha value is -2.10. The molecule has 0 aromatic heterocycles. The highest BCUT2D eigenvalue weighted by Crippen LogP contribution is 2.36. The van der Waals surface area contributed by atoms with Gasteiger partial charge in [0.1, 0.15) is 5.60 Å². The highest BCUT2D eigenvalue weighted by Gasteiger charge is 2.41. The molecule has 4 nitrogen and oxygen atoms in total. The summed E-state index contributed by atoms with van der Waals surface area (Å²) in [5.41, 5.74) is -0.746. The lowest BCUT2D eigenvalue weighted by molar-refractivity contribution is -0.155. The molecule has 0 saturated carbocycles. The molecule has 0 spiro atoms. The van der Waals surface area contributed by atoms with Crippen LogP contribution in [0.25, 0.3) is 0 Å². The van der Waals surface area contributed by atoms with E-state index in [1.54, 1.807) is 13.0 Å². The summed E-state index contributed by atoms with van der Waals surface area (Å²) in [6.45, 7) is 11.1. The van der Waals surface area contributed by atoms with Crippen molar-refractivity contribution in [1.29, 1.82) is 0 Å². The fourth-order valence-corrected chi connectivity index (χ4v) is 2.95. The minimum Gasteiger partial charge on any atom is -0.481 e. The molecule has 138 valence electrons. The summed E-state index contributed by atoms with van der Waals surface area (Å²) in [7, 11) is 0. The minimum atomic E-state index is -1.03. The first kappa shape index (κ1) is 20.9. The number of carbonyl (C=O) groups is 2. The fraction of sp³-hybridized carbons (Fsp3) is 0.524. The van der Waals surface area contributed by atoms with E-state index in [1.165, 1.54) is 0 Å². The molecule has 0 aliphatic carbocycles. The third-order valence-electron chi connectivity index (χ3n) is 4.41. The predicted octanol–water partition coefficient (Wildman–Crippen LogP) is 4.73. The zero-order chi connectivity index (χ0) is 19.1. The van der Waals surface area contributed by atoms with Crippen molar-refractivity contribution in [2.75, 3.05) is 0 Å². The first-order valence-corrected chi connectivity index (χ1v) is 8.74. The molecule has 0 bridgehead atoms. The number of allylic oxidation sites excluding steroid dienone is 1. The van der Waals surface area contributed by atoms with Gasteiger partial charge in [0.15, 0.2) is 0 Å². The molecule has 0 radical (unpaired) electrons. The maximum absolute atomic E-state index is 12.0. The van der Waals surface area contributed by atoms with Gasteiger partial charge >= 0.3 is 11.9 Å². The molecule has 1 rings (SSSR count). The minimum absolute atomic E-state index is 0.216. The molecule has 4 heteroatoms. The zero-order valence-electron chi connectivity index (χ0n) is 15.7. The third kappa shape index (κ3) is 6.04. The molecular weight excluding hydrogens is 316 g/mol. The summed E-state index contributed by atoms with van der Waals surface area (Å²) >= 11 is 0. The standard InChI is InChI=1S/C21H30O4/c1-6-16(12-10-11-15-18(22)25-20(2,3)4)21(5,19(23)24)17-13-8-7-9-14-17/h6-9,13-14,16H,1,10-12,15H2,2-5H3,(H,23,24)/t16-,21?/m0/s1. The smallest absolute Gasteiger partial charge is 0.314 e. The lowest BCUT2D eigenvalue weighted by Gasteiger charge is -2.32. The van der Waals surface area contributed by atoms with Crippen molar-refractivity contribution in [3.63, 3.8) is 0 Å². The second-order valence-corrected chi connectivity index (χ2v) is 7.55. The van der Waals surface area contributed by atoms with E-state index in [2.05, 4.69) is 6.58 Å². The van der Waals surface area contributed by atoms with Gasteiger partial charge in [0.05, 0.1) is 5.41 Å². The molecule has 1 aromatic rings. The van der Waals surface area contributed by atoms with E-state index in [9.17, 15) is 14.7 Å². The Morgan fingerprint density at radius 3 is 2.24 bits per heavy atom. The first-order chi connectivity index (χ1) is 11.6. The molecule has 0 saturated heterocycles. The second kappa shape index (κ2) is 8.84. The van der Waals surface area contributed by atoms with Crippen LogP contribution in [0.2, 0.25) is 0 Å². The van der Waals surface area contributed by atoms with Gasteiger partial charge in [0.25, 0.3) is 0 Å². The molecule has 0 aliphatic heterocycles. The Kier molecular flexibility index (Phi) is 7.40. The number of carboxylic acids is 1. The number of carbonyl (C=O) groups excluding carboxylic acids is 1. The number of unbranched alkanes of at least 4 members (excludes halogenated alkanes) is 1. The Morgan fingerprint density at radius 2 is 1.76 bits per heavy atom. The monoisotopic (exact) mass is 346 g/mol. The average molecular weight is 346 g/mol. The van der Waals surface area contributed by atoms with Crippen molar-refractivity contribution in [2.24, 2.45) is 5.92 Å². The van der Waals surface area contributed by atoms with Gasteiger partial charge in [0, 0.05) is 6.42 Å². The number of hydrogen-bond donors (Lipinski definition) is 1. The van der Waals surface area contributed by atoms with E-state index >= 15 is 0 Å². The average Bonchev–Trinajstić information content (AvgIpc) is 2.53. The molecule has 25 heavy (non-hydrogen) atoms. The van der Waals surface area contributed by atoms with Crippen LogP contribution >= 0.6 is 0 Å². The molecule has 0 amide bonds. The Balaban J connectivity index is 2.69. The van der Waals surface area contributed by atoms with Gasteiger partial charge in [-0.25, -0.2) is 0 Å². The van der Waals surface area contributed by atoms with Crippen molar-refractivity contribution in [3.8, 4) is 0 Å². The van der Waals surface area contributed by atoms with Gasteiger partial charge in [0.2, 0.25) is 0 Å². The summed E-state index contributed by atoms with van der Waals surface area (Å²) in [5, 5.41) is 9.84. The van der Waals surface area contributed by atoms with E-state index in [0.29, 0.717) is 19.3 Å². The van der Waals surface area contributed by atoms with E-state index < -0.39 is 17.0 Å². The van der Waals surface area contributed by atoms with Gasteiger partial charge in [-0.15, -0.1) is 6.58 Å². The maximum Gasteiger partial charge on any atom is 0.314 e. The Morgan fingerprint density at radius 1 is 1.16 bits per heavy atom. The Bertz CT molecular complexity index is 586. The van der Waals surface area contributed by atoms with E-state index in [-0.39, 0.29) is 11.9 Å². The van der Waals surface area contributed by atoms with Gasteiger partial charge in [-0.05, 0) is 52.0 Å². The molecule has 0 aliphatic rings. The summed E-state index contributed by atoms with van der Waals surface area (Å²) in [6, 6.07) is 9.24. The van der Waals surface area contributed by atoms with E-state index in [4.69, 9.17) is 4.74 Å². The highest BCUT2D eigenvalue weighted by molar-refractivity contribution is 5.81. The first-order valence-electron chi connectivity index (χ1n) is 8.74. The van der Waals surface area contributed by atoms with Crippen LogP contribution in [0, 0.1) is 5.92 Å². The second-order valence-electron chi connectivity index (χ2n) is 7.55. The molecule has 1 N–H and O–H groups in total. The molecule has 0 heterocycles. The van der Waals surface area contributed by atoms with E-state index in [0.717, 1.165) is 12.0 Å². The van der Waals surface area contributed by atoms with Crippen LogP contribution in [0.1, 0.15) is 58.9 Å². The number of hydrogen-bond acceptors (Lipinski definition) is 3. The molecular formula is C21H30O4. The topological polar surface area (TPSA) is 63.6 Å². The fourth-order valence-electron chi connectivity index (χ4n) is 2.95. The van der Waals surface area contributed by atoms with Crippen LogP contribution in [-0.2, 0) is 19.7 Å². The maximum atomic E-state index is 12.0. The SMILES string of the molecule is C=C[C@@H](CCCCC(=O)OC(C)(C)C)C(C)(C(=O)O)c1ccccc1. The quantitative estimate of drug-likeness (QED) is 0.399. The van der Waals surface area contributed by atoms with Gasteiger partial charge in [-0.3, -0.25) is 9.59 Å². The van der Waals surface area contributed by atoms with Crippen molar-refractivity contribution >= 4 is 11.9 Å². The molecule has 0 fully saturated rings. The van der Waals surface area contributed by atoms with Crippen molar-refractivity contribution in [3.05, 3.63) is 48.6 Å². The number of ether oxygens (including phenoxy) is 1. The van der Waals surface area contributed by atoms with Crippen LogP contribution in [0.5, 0.6) is 0 Å². The molecule has 2 atom stereocenters. The normalized spacial score (nSPS) is 15.0. The summed E-state index contributed by atoms with van der Waals surface area (Å²) in [6.07, 6.45) is 4.13. The summed E-state index contributed by atoms with van der Waals surface area (Å²) in [5.74, 6) is -1.30. The van der Waals surface area contributed by atoms with Gasteiger partial charge in [-0.2, -0.15) is 0 Å². The van der Waals surface area contributed by atoms with Crippen LogP contribution in [-0.4, -0.2) is 22.6 Å². The van der Waals surface area contributed by atoms with Gasteiger partial charge in [-0.1, -0.05) is 42.8 Å². The molecule has 1 unspecified atom stereocenters. The van der Waals surface area contributed by atoms with Crippen LogP contribution in [0.4, 0.5) is 0 Å². The summed E-state index contributed by atoms with van der Waals surface area (Å²) < 4.78 is 5.29. The summed E-state index contributed by atoms with van der Waals surface area (Å²) in [4.78, 5) is 23.8.